The predicted octanol–water partition coefficient (Wildman–Crippen LogP) is 1.47. The topological polar surface area (TPSA) is 20.2 Å². The summed E-state index contributed by atoms with van der Waals surface area (Å²) in [6.45, 7) is -0.0417. The van der Waals surface area contributed by atoms with Crippen LogP contribution in [0.25, 0.3) is 0 Å². The average Bonchev–Trinajstić information content (AvgIpc) is 1.75. The summed E-state index contributed by atoms with van der Waals surface area (Å²) in [6, 6.07) is 0. The molecule has 0 atom stereocenters. The van der Waals surface area contributed by atoms with Crippen LogP contribution in [0.2, 0.25) is 0 Å². The number of aliphatic hydroxyl groups is 1. The molecule has 0 saturated heterocycles. The van der Waals surface area contributed by atoms with E-state index in [2.05, 4.69) is 0 Å². The molecule has 0 aliphatic carbocycles. The van der Waals surface area contributed by atoms with Crippen molar-refractivity contribution in [3.05, 3.63) is 0 Å². The first-order valence-electron chi connectivity index (χ1n) is 1.94. The van der Waals surface area contributed by atoms with Gasteiger partial charge in [0.25, 0.3) is 0 Å². The van der Waals surface area contributed by atoms with Crippen LogP contribution < -0.4 is 0 Å². The summed E-state index contributed by atoms with van der Waals surface area (Å²) in [4.78, 5) is 0. The van der Waals surface area contributed by atoms with Gasteiger partial charge in [-0.25, -0.2) is 4.39 Å². The maximum Gasteiger partial charge on any atom is 0.185 e. The maximum atomic E-state index is 10.3. The van der Waals surface area contributed by atoms with E-state index >= 15 is 0 Å². The number of rotatable bonds is 0. The molecule has 0 radical (unpaired) electrons. The predicted molar refractivity (Wildman–Crippen MR) is 26.9 cm³/mol. The molecule has 0 aromatic carbocycles. The van der Waals surface area contributed by atoms with E-state index in [-0.39, 0.29) is 6.67 Å². The Hall–Kier alpha value is -1.25. The van der Waals surface area contributed by atoms with Gasteiger partial charge in [0.1, 0.15) is 0 Å². The zero-order valence-corrected chi connectivity index (χ0v) is 12.1. The fourth-order valence-corrected chi connectivity index (χ4v) is 0. The molecule has 0 saturated carbocycles. The Balaban J connectivity index is -0.0000000202. The summed E-state index contributed by atoms with van der Waals surface area (Å²) in [5.74, 6) is 0. The average molecular weight is 399 g/mol. The van der Waals surface area contributed by atoms with E-state index in [0.29, 0.717) is 7.18 Å². The second kappa shape index (κ2) is 397. The van der Waals surface area contributed by atoms with Gasteiger partial charge in [0, 0.05) is 0 Å². The monoisotopic (exact) mass is 399 g/mol. The van der Waals surface area contributed by atoms with Crippen LogP contribution in [0.15, 0.2) is 0 Å². The molecule has 5 heteroatoms. The summed E-state index contributed by atoms with van der Waals surface area (Å²) in [5.41, 5.74) is 0. The van der Waals surface area contributed by atoms with Gasteiger partial charge in [-0.2, -0.15) is 0 Å². The summed E-state index contributed by atoms with van der Waals surface area (Å²) in [7, 11) is 0.500. The van der Waals surface area contributed by atoms with E-state index in [1.807, 2.05) is 0 Å². The first-order valence-corrected chi connectivity index (χ1v) is 1.94. The van der Waals surface area contributed by atoms with Crippen LogP contribution in [0.1, 0.15) is 6.92 Å². The molecule has 0 aromatic rings. The molecule has 0 fully saturated rings. The van der Waals surface area contributed by atoms with Crippen LogP contribution in [0, 0.1) is 0 Å². The fourth-order valence-electron chi connectivity index (χ4n) is 0. The van der Waals surface area contributed by atoms with E-state index < -0.39 is 6.86 Å². The zero-order chi connectivity index (χ0) is 7.41. The van der Waals surface area contributed by atoms with Crippen molar-refractivity contribution in [2.24, 2.45) is 0 Å². The van der Waals surface area contributed by atoms with Gasteiger partial charge in [0.15, 0.2) is 6.86 Å². The standard InChI is InChI=1S/C2H5F.CH3FO.CH3F.Rf/c1-2-3;2-1-3;1-2;/h2H2,1H3;3H,1H2;1H3;. The second-order valence-corrected chi connectivity index (χ2v) is 0.387. The van der Waals surface area contributed by atoms with Crippen molar-refractivity contribution in [3.8, 4) is 0 Å². The third-order valence-electron chi connectivity index (χ3n) is 0. The summed E-state index contributed by atoms with van der Waals surface area (Å²) >= 11 is 0. The zero-order valence-electron chi connectivity index (χ0n) is 5.70. The van der Waals surface area contributed by atoms with Gasteiger partial charge in [-0.15, -0.1) is 0 Å². The van der Waals surface area contributed by atoms with Gasteiger partial charge >= 0.3 is 0 Å². The Morgan fingerprint density at radius 2 is 1.22 bits per heavy atom. The SMILES string of the molecule is CCF.CF.OCF.[Rf]. The Morgan fingerprint density at radius 3 is 1.22 bits per heavy atom. The normalized spacial score (nSPS) is 4.67. The largest absolute Gasteiger partial charge is 0.366 e. The van der Waals surface area contributed by atoms with Crippen molar-refractivity contribution in [2.45, 2.75) is 6.92 Å². The van der Waals surface area contributed by atoms with Gasteiger partial charge in [-0.05, 0) is 6.92 Å². The van der Waals surface area contributed by atoms with Crippen LogP contribution in [-0.4, -0.2) is 25.8 Å². The van der Waals surface area contributed by atoms with Crippen LogP contribution in [0.5, 0.6) is 0 Å². The molecule has 9 heavy (non-hydrogen) atoms. The first-order chi connectivity index (χ1) is 3.83. The van der Waals surface area contributed by atoms with Gasteiger partial charge in [-0.3, -0.25) is 8.78 Å². The van der Waals surface area contributed by atoms with Crippen molar-refractivity contribution in [2.75, 3.05) is 20.7 Å². The molecule has 1 N–H and O–H groups in total. The summed E-state index contributed by atoms with van der Waals surface area (Å²) in [6.07, 6.45) is 0. The van der Waals surface area contributed by atoms with E-state index in [1.54, 1.807) is 0 Å². The number of hydrogen-bond donors (Lipinski definition) is 1. The minimum atomic E-state index is -1.25. The number of halogens is 3. The van der Waals surface area contributed by atoms with Crippen LogP contribution >= 0.6 is 0 Å². The molecule has 0 aromatic heterocycles. The molecule has 0 heterocycles. The van der Waals surface area contributed by atoms with Crippen LogP contribution in [0.4, 0.5) is 13.2 Å². The van der Waals surface area contributed by atoms with Crippen molar-refractivity contribution < 1.29 is 18.3 Å². The first kappa shape index (κ1) is 25.1. The quantitative estimate of drug-likeness (QED) is 0.655. The molecule has 0 aliphatic heterocycles. The van der Waals surface area contributed by atoms with Crippen LogP contribution in [-0.2, 0) is 0 Å². The second-order valence-electron chi connectivity index (χ2n) is 0.387. The van der Waals surface area contributed by atoms with Gasteiger partial charge in [0.05, 0.1) is 13.9 Å². The summed E-state index contributed by atoms with van der Waals surface area (Å²) < 4.78 is 29.6. The third kappa shape index (κ3) is 97.5. The van der Waals surface area contributed by atoms with Crippen molar-refractivity contribution in [3.63, 3.8) is 0 Å². The smallest absolute Gasteiger partial charge is 0.185 e. The van der Waals surface area contributed by atoms with Crippen molar-refractivity contribution >= 4 is 0 Å². The minimum Gasteiger partial charge on any atom is -0.366 e. The molecule has 0 spiro atoms. The Bertz CT molecular complexity index is 17.8. The van der Waals surface area contributed by atoms with E-state index in [1.165, 1.54) is 6.92 Å². The third-order valence-corrected chi connectivity index (χ3v) is 0. The van der Waals surface area contributed by atoms with E-state index in [4.69, 9.17) is 5.11 Å². The molecular formula is C4H11F3ORf. The van der Waals surface area contributed by atoms with Gasteiger partial charge < -0.3 is 5.11 Å². The molecule has 0 bridgehead atoms. The minimum absolute atomic E-state index is 0. The Morgan fingerprint density at radius 1 is 1.22 bits per heavy atom. The Labute approximate surface area is 47.1 Å². The van der Waals surface area contributed by atoms with E-state index in [0.717, 1.165) is 0 Å². The van der Waals surface area contributed by atoms with Gasteiger partial charge in [0.2, 0.25) is 0 Å². The molecule has 0 rings (SSSR count). The Kier molecular flexibility index (Phi) is 1110. The molecular weight excluding hydrogens is 388 g/mol. The number of alkyl halides is 3. The molecule has 0 aliphatic rings. The van der Waals surface area contributed by atoms with Crippen molar-refractivity contribution in [1.82, 2.24) is 0 Å². The van der Waals surface area contributed by atoms with Gasteiger partial charge in [-0.1, -0.05) is 0 Å². The molecule has 0 unspecified atom stereocenters. The summed E-state index contributed by atoms with van der Waals surface area (Å²) in [5, 5.41) is 6.90. The van der Waals surface area contributed by atoms with Crippen LogP contribution in [0.3, 0.4) is 0 Å². The molecule has 56 valence electrons. The van der Waals surface area contributed by atoms with E-state index in [9.17, 15) is 13.2 Å². The number of hydrogen-bond acceptors (Lipinski definition) is 1. The van der Waals surface area contributed by atoms with Crippen molar-refractivity contribution in [1.29, 1.82) is 0 Å². The maximum absolute atomic E-state index is 10.3. The molecule has 1 nitrogen and oxygen atoms in total. The molecule has 0 amide bonds. The fraction of sp³-hybridized carbons (Fsp3) is 1.00. The number of aliphatic hydroxyl groups excluding tert-OH is 1.